The number of hydrogen-bond acceptors (Lipinski definition) is 5. The lowest BCUT2D eigenvalue weighted by atomic mass is 10.0. The number of unbranched alkanes of at least 4 members (excludes halogenated alkanes) is 23. The summed E-state index contributed by atoms with van der Waals surface area (Å²) in [6.45, 7) is 3.92. The van der Waals surface area contributed by atoms with Crippen LogP contribution in [0.1, 0.15) is 245 Å². The molecule has 1 unspecified atom stereocenters. The monoisotopic (exact) mass is 915 g/mol. The lowest BCUT2D eigenvalue weighted by Crippen LogP contribution is -2.28. The van der Waals surface area contributed by atoms with E-state index in [4.69, 9.17) is 9.47 Å². The molecule has 0 aromatic heterocycles. The van der Waals surface area contributed by atoms with Crippen molar-refractivity contribution in [3.05, 3.63) is 109 Å². The van der Waals surface area contributed by atoms with Gasteiger partial charge in [0.2, 0.25) is 0 Å². The van der Waals surface area contributed by atoms with E-state index in [2.05, 4.69) is 123 Å². The molecular formula is C61H102O5. The highest BCUT2D eigenvalue weighted by Gasteiger charge is 2.16. The second kappa shape index (κ2) is 55.9. The van der Waals surface area contributed by atoms with Crippen LogP contribution in [0.4, 0.5) is 0 Å². The normalized spacial score (nSPS) is 13.1. The maximum atomic E-state index is 12.3. The van der Waals surface area contributed by atoms with Gasteiger partial charge in [0, 0.05) is 12.8 Å². The molecule has 0 saturated heterocycles. The fourth-order valence-corrected chi connectivity index (χ4v) is 7.51. The van der Waals surface area contributed by atoms with Gasteiger partial charge >= 0.3 is 11.9 Å². The molecule has 0 rings (SSSR count). The Morgan fingerprint density at radius 2 is 0.606 bits per heavy atom. The maximum Gasteiger partial charge on any atom is 0.306 e. The second-order valence-electron chi connectivity index (χ2n) is 17.9. The summed E-state index contributed by atoms with van der Waals surface area (Å²) in [6, 6.07) is 0. The Bertz CT molecular complexity index is 1310. The first-order valence-corrected chi connectivity index (χ1v) is 27.4. The van der Waals surface area contributed by atoms with Crippen molar-refractivity contribution in [2.45, 2.75) is 251 Å². The van der Waals surface area contributed by atoms with E-state index in [-0.39, 0.29) is 25.2 Å². The first kappa shape index (κ1) is 62.6. The largest absolute Gasteiger partial charge is 0.462 e. The molecule has 0 aliphatic rings. The Hall–Kier alpha value is -3.44. The highest BCUT2D eigenvalue weighted by Crippen LogP contribution is 2.15. The maximum absolute atomic E-state index is 12.3. The molecule has 0 aliphatic heterocycles. The summed E-state index contributed by atoms with van der Waals surface area (Å²) in [4.78, 5) is 24.5. The lowest BCUT2D eigenvalue weighted by molar-refractivity contribution is -0.161. The molecule has 0 heterocycles. The summed E-state index contributed by atoms with van der Waals surface area (Å²) >= 11 is 0. The van der Waals surface area contributed by atoms with E-state index in [1.807, 2.05) is 0 Å². The van der Waals surface area contributed by atoms with E-state index in [1.54, 1.807) is 0 Å². The zero-order valence-corrected chi connectivity index (χ0v) is 42.9. The Morgan fingerprint density at radius 3 is 0.909 bits per heavy atom. The number of carbonyl (C=O) groups is 2. The molecule has 0 radical (unpaired) electrons. The van der Waals surface area contributed by atoms with Crippen LogP contribution in [0.3, 0.4) is 0 Å². The predicted molar refractivity (Wildman–Crippen MR) is 288 cm³/mol. The molecule has 66 heavy (non-hydrogen) atoms. The number of hydrogen-bond donors (Lipinski definition) is 1. The van der Waals surface area contributed by atoms with Gasteiger partial charge in [-0.2, -0.15) is 0 Å². The number of allylic oxidation sites excluding steroid dienone is 18. The van der Waals surface area contributed by atoms with E-state index in [0.29, 0.717) is 12.8 Å². The summed E-state index contributed by atoms with van der Waals surface area (Å²) in [7, 11) is 0. The van der Waals surface area contributed by atoms with Gasteiger partial charge in [0.1, 0.15) is 6.61 Å². The van der Waals surface area contributed by atoms with Crippen LogP contribution in [0.2, 0.25) is 0 Å². The molecule has 0 aromatic carbocycles. The third kappa shape index (κ3) is 53.2. The number of carbonyl (C=O) groups excluding carboxylic acids is 2. The van der Waals surface area contributed by atoms with Crippen LogP contribution in [0, 0.1) is 0 Å². The van der Waals surface area contributed by atoms with E-state index in [0.717, 1.165) is 96.3 Å². The van der Waals surface area contributed by atoms with Crippen LogP contribution in [-0.4, -0.2) is 36.4 Å². The van der Waals surface area contributed by atoms with Gasteiger partial charge in [0.25, 0.3) is 0 Å². The predicted octanol–water partition coefficient (Wildman–Crippen LogP) is 18.5. The average Bonchev–Trinajstić information content (AvgIpc) is 3.32. The number of aliphatic hydroxyl groups is 1. The minimum absolute atomic E-state index is 0.0733. The van der Waals surface area contributed by atoms with Crippen molar-refractivity contribution in [2.24, 2.45) is 0 Å². The van der Waals surface area contributed by atoms with Crippen LogP contribution < -0.4 is 0 Å². The fourth-order valence-electron chi connectivity index (χ4n) is 7.51. The fraction of sp³-hybridized carbons (Fsp3) is 0.672. The molecule has 0 fully saturated rings. The van der Waals surface area contributed by atoms with Crippen LogP contribution in [-0.2, 0) is 19.1 Å². The summed E-state index contributed by atoms with van der Waals surface area (Å²) in [5.41, 5.74) is 0. The molecule has 0 amide bonds. The van der Waals surface area contributed by atoms with Gasteiger partial charge in [-0.3, -0.25) is 9.59 Å². The van der Waals surface area contributed by atoms with E-state index >= 15 is 0 Å². The van der Waals surface area contributed by atoms with Gasteiger partial charge in [-0.25, -0.2) is 0 Å². The van der Waals surface area contributed by atoms with Gasteiger partial charge < -0.3 is 14.6 Å². The molecule has 1 N–H and O–H groups in total. The SMILES string of the molecule is CC/C=C\C/C=C\C/C=C\C/C=C\C/C=C\CCCCCCCCCCCC(=O)OC(CO)COC(=O)CCCCCCCCCCCCCCCC/C=C\C/C=C\C/C=C\C/C=C\CC. The van der Waals surface area contributed by atoms with Crippen molar-refractivity contribution < 1.29 is 24.2 Å². The first-order valence-electron chi connectivity index (χ1n) is 27.4. The van der Waals surface area contributed by atoms with Crippen molar-refractivity contribution in [3.8, 4) is 0 Å². The van der Waals surface area contributed by atoms with Gasteiger partial charge in [-0.05, 0) is 96.3 Å². The minimum Gasteiger partial charge on any atom is -0.462 e. The summed E-state index contributed by atoms with van der Waals surface area (Å²) < 4.78 is 10.7. The highest BCUT2D eigenvalue weighted by molar-refractivity contribution is 5.70. The van der Waals surface area contributed by atoms with Gasteiger partial charge in [-0.15, -0.1) is 0 Å². The van der Waals surface area contributed by atoms with Gasteiger partial charge in [-0.1, -0.05) is 245 Å². The second-order valence-corrected chi connectivity index (χ2v) is 17.9. The average molecular weight is 915 g/mol. The standard InChI is InChI=1S/C61H102O5/c1-3-5-7-9-11-13-15-17-19-21-23-25-27-29-30-32-33-35-37-39-41-43-45-47-49-51-53-55-60(63)65-58-59(57-62)66-61(64)56-54-52-50-48-46-44-42-40-38-36-34-31-28-26-24-22-20-18-16-14-12-10-8-6-4-2/h5-8,11-14,17-20,23-26,31,34,59,62H,3-4,9-10,15-16,21-22,27-30,32-33,35-58H2,1-2H3/b7-5-,8-6-,13-11-,14-12-,19-17-,20-18-,25-23-,26-24-,34-31-. The van der Waals surface area contributed by atoms with Gasteiger partial charge in [0.15, 0.2) is 6.10 Å². The third-order valence-corrected chi connectivity index (χ3v) is 11.6. The molecule has 5 heteroatoms. The quantitative estimate of drug-likeness (QED) is 0.0374. The topological polar surface area (TPSA) is 72.8 Å². The van der Waals surface area contributed by atoms with Crippen molar-refractivity contribution in [1.29, 1.82) is 0 Å². The molecule has 0 saturated carbocycles. The zero-order chi connectivity index (χ0) is 47.7. The molecular weight excluding hydrogens is 813 g/mol. The first-order chi connectivity index (χ1) is 32.6. The van der Waals surface area contributed by atoms with Crippen molar-refractivity contribution in [2.75, 3.05) is 13.2 Å². The summed E-state index contributed by atoms with van der Waals surface area (Å²) in [6.07, 6.45) is 80.5. The van der Waals surface area contributed by atoms with Crippen molar-refractivity contribution in [1.82, 2.24) is 0 Å². The number of aliphatic hydroxyl groups excluding tert-OH is 1. The summed E-state index contributed by atoms with van der Waals surface area (Å²) in [5.74, 6) is -0.599. The molecule has 376 valence electrons. The number of esters is 2. The summed E-state index contributed by atoms with van der Waals surface area (Å²) in [5, 5.41) is 9.65. The van der Waals surface area contributed by atoms with E-state index < -0.39 is 6.10 Å². The third-order valence-electron chi connectivity index (χ3n) is 11.6. The highest BCUT2D eigenvalue weighted by atomic mass is 16.6. The van der Waals surface area contributed by atoms with Crippen molar-refractivity contribution in [3.63, 3.8) is 0 Å². The minimum atomic E-state index is -0.783. The van der Waals surface area contributed by atoms with Crippen LogP contribution in [0.5, 0.6) is 0 Å². The number of ether oxygens (including phenoxy) is 2. The molecule has 0 spiro atoms. The lowest BCUT2D eigenvalue weighted by Gasteiger charge is -2.15. The van der Waals surface area contributed by atoms with Crippen LogP contribution >= 0.6 is 0 Å². The molecule has 0 bridgehead atoms. The van der Waals surface area contributed by atoms with E-state index in [1.165, 1.54) is 122 Å². The molecule has 0 aliphatic carbocycles. The van der Waals surface area contributed by atoms with Gasteiger partial charge in [0.05, 0.1) is 6.61 Å². The van der Waals surface area contributed by atoms with Crippen LogP contribution in [0.25, 0.3) is 0 Å². The molecule has 5 nitrogen and oxygen atoms in total. The molecule has 0 aromatic rings. The Kier molecular flexibility index (Phi) is 53.0. The molecule has 1 atom stereocenters. The Balaban J connectivity index is 3.53. The Morgan fingerprint density at radius 1 is 0.348 bits per heavy atom. The Labute approximate surface area is 408 Å². The smallest absolute Gasteiger partial charge is 0.306 e. The number of rotatable bonds is 49. The van der Waals surface area contributed by atoms with Crippen LogP contribution in [0.15, 0.2) is 109 Å². The van der Waals surface area contributed by atoms with Crippen molar-refractivity contribution >= 4 is 11.9 Å². The zero-order valence-electron chi connectivity index (χ0n) is 42.9. The van der Waals surface area contributed by atoms with E-state index in [9.17, 15) is 14.7 Å².